The number of benzene rings is 2. The first kappa shape index (κ1) is 24.4. The smallest absolute Gasteiger partial charge is 0.243 e. The van der Waals surface area contributed by atoms with Crippen LogP contribution in [0.5, 0.6) is 0 Å². The number of hydrogen-bond acceptors (Lipinski definition) is 4. The Kier molecular flexibility index (Phi) is 6.82. The highest BCUT2D eigenvalue weighted by molar-refractivity contribution is 7.89. The summed E-state index contributed by atoms with van der Waals surface area (Å²) in [6, 6.07) is 12.8. The molecule has 2 heterocycles. The van der Waals surface area contributed by atoms with E-state index in [2.05, 4.69) is 19.2 Å². The summed E-state index contributed by atoms with van der Waals surface area (Å²) in [4.78, 5) is 26.8. The molecule has 0 unspecified atom stereocenters. The molecule has 1 saturated heterocycles. The summed E-state index contributed by atoms with van der Waals surface area (Å²) in [6.07, 6.45) is 1.90. The van der Waals surface area contributed by atoms with Crippen LogP contribution >= 0.6 is 0 Å². The number of nitrogens with zero attached hydrogens (tertiary/aromatic N) is 2. The molecule has 2 aromatic rings. The Morgan fingerprint density at radius 2 is 1.79 bits per heavy atom. The monoisotopic (exact) mass is 483 g/mol. The molecule has 8 heteroatoms. The minimum atomic E-state index is -3.74. The van der Waals surface area contributed by atoms with Crippen LogP contribution < -0.4 is 10.2 Å². The second-order valence-corrected chi connectivity index (χ2v) is 11.6. The highest BCUT2D eigenvalue weighted by Crippen LogP contribution is 2.35. The molecular weight excluding hydrogens is 450 g/mol. The Morgan fingerprint density at radius 1 is 1.09 bits per heavy atom. The topological polar surface area (TPSA) is 86.8 Å². The number of anilines is 2. The zero-order valence-electron chi connectivity index (χ0n) is 20.2. The van der Waals surface area contributed by atoms with E-state index in [9.17, 15) is 18.0 Å². The van der Waals surface area contributed by atoms with Gasteiger partial charge in [0, 0.05) is 37.4 Å². The fourth-order valence-corrected chi connectivity index (χ4v) is 6.54. The molecule has 34 heavy (non-hydrogen) atoms. The second kappa shape index (κ2) is 9.50. The van der Waals surface area contributed by atoms with Gasteiger partial charge in [-0.2, -0.15) is 4.31 Å². The highest BCUT2D eigenvalue weighted by Gasteiger charge is 2.35. The predicted octanol–water partition coefficient (Wildman–Crippen LogP) is 4.15. The van der Waals surface area contributed by atoms with E-state index in [0.29, 0.717) is 31.7 Å². The van der Waals surface area contributed by atoms with Gasteiger partial charge in [-0.15, -0.1) is 0 Å². The molecule has 2 atom stereocenters. The van der Waals surface area contributed by atoms with E-state index < -0.39 is 15.9 Å². The van der Waals surface area contributed by atoms with Gasteiger partial charge in [0.25, 0.3) is 0 Å². The second-order valence-electron chi connectivity index (χ2n) is 9.70. The number of sulfonamides is 1. The van der Waals surface area contributed by atoms with Crippen molar-refractivity contribution in [1.29, 1.82) is 0 Å². The van der Waals surface area contributed by atoms with E-state index in [1.807, 2.05) is 31.2 Å². The van der Waals surface area contributed by atoms with E-state index in [0.717, 1.165) is 16.9 Å². The summed E-state index contributed by atoms with van der Waals surface area (Å²) in [5, 5.41) is 2.95. The normalized spacial score (nSPS) is 20.9. The van der Waals surface area contributed by atoms with E-state index in [1.54, 1.807) is 23.1 Å². The standard InChI is InChI=1S/C26H33N3O4S/c1-17(2)20-7-9-23(10-8-20)27-26(31)21-6-5-13-28(16-21)34(32,33)24-11-12-25-22(15-24)14-18(3)29(25)19(4)30/h7-12,15,17-18,21H,5-6,13-14,16H2,1-4H3,(H,27,31)/t18-,21-/m1/s1. The fraction of sp³-hybridized carbons (Fsp3) is 0.462. The molecule has 1 N–H and O–H groups in total. The maximum Gasteiger partial charge on any atom is 0.243 e. The van der Waals surface area contributed by atoms with Crippen molar-refractivity contribution in [2.24, 2.45) is 5.92 Å². The van der Waals surface area contributed by atoms with Gasteiger partial charge in [-0.3, -0.25) is 9.59 Å². The Balaban J connectivity index is 1.48. The van der Waals surface area contributed by atoms with Crippen molar-refractivity contribution in [3.63, 3.8) is 0 Å². The molecule has 2 amide bonds. The van der Waals surface area contributed by atoms with Crippen LogP contribution in [0, 0.1) is 5.92 Å². The zero-order chi connectivity index (χ0) is 24.6. The van der Waals surface area contributed by atoms with Crippen LogP contribution in [0.3, 0.4) is 0 Å². The lowest BCUT2D eigenvalue weighted by Gasteiger charge is -2.31. The van der Waals surface area contributed by atoms with Gasteiger partial charge < -0.3 is 10.2 Å². The van der Waals surface area contributed by atoms with E-state index >= 15 is 0 Å². The molecule has 4 rings (SSSR count). The molecule has 182 valence electrons. The van der Waals surface area contributed by atoms with Crippen molar-refractivity contribution >= 4 is 33.2 Å². The molecule has 2 aliphatic heterocycles. The van der Waals surface area contributed by atoms with Crippen LogP contribution in [0.15, 0.2) is 47.4 Å². The Bertz CT molecular complexity index is 1190. The van der Waals surface area contributed by atoms with Gasteiger partial charge in [-0.05, 0) is 73.6 Å². The van der Waals surface area contributed by atoms with Gasteiger partial charge in [0.2, 0.25) is 21.8 Å². The first-order valence-electron chi connectivity index (χ1n) is 11.9. The number of piperidine rings is 1. The Labute approximate surface area is 202 Å². The van der Waals surface area contributed by atoms with E-state index in [1.165, 1.54) is 16.8 Å². The summed E-state index contributed by atoms with van der Waals surface area (Å²) >= 11 is 0. The SMILES string of the molecule is CC(=O)N1c2ccc(S(=O)(=O)N3CCC[C@@H](C(=O)Nc4ccc(C(C)C)cc4)C3)cc2C[C@H]1C. The number of carbonyl (C=O) groups excluding carboxylic acids is 2. The van der Waals surface area contributed by atoms with Gasteiger partial charge in [0.05, 0.1) is 10.8 Å². The molecule has 0 bridgehead atoms. The average Bonchev–Trinajstić information content (AvgIpc) is 3.14. The van der Waals surface area contributed by atoms with Crippen molar-refractivity contribution in [1.82, 2.24) is 4.31 Å². The fourth-order valence-electron chi connectivity index (χ4n) is 4.97. The number of nitrogens with one attached hydrogen (secondary N) is 1. The zero-order valence-corrected chi connectivity index (χ0v) is 21.1. The number of amides is 2. The number of carbonyl (C=O) groups is 2. The van der Waals surface area contributed by atoms with E-state index in [-0.39, 0.29) is 29.3 Å². The van der Waals surface area contributed by atoms with Crippen LogP contribution in [0.25, 0.3) is 0 Å². The maximum absolute atomic E-state index is 13.4. The van der Waals surface area contributed by atoms with Crippen LogP contribution in [0.1, 0.15) is 57.6 Å². The van der Waals surface area contributed by atoms with Gasteiger partial charge >= 0.3 is 0 Å². The van der Waals surface area contributed by atoms with Crippen LogP contribution in [-0.4, -0.2) is 43.7 Å². The number of rotatable bonds is 5. The molecule has 0 aromatic heterocycles. The summed E-state index contributed by atoms with van der Waals surface area (Å²) in [5.41, 5.74) is 3.55. The van der Waals surface area contributed by atoms with Crippen LogP contribution in [-0.2, 0) is 26.0 Å². The first-order chi connectivity index (χ1) is 16.1. The lowest BCUT2D eigenvalue weighted by molar-refractivity contribution is -0.121. The summed E-state index contributed by atoms with van der Waals surface area (Å²) in [5.74, 6) is -0.201. The molecular formula is C26H33N3O4S. The molecule has 1 fully saturated rings. The quantitative estimate of drug-likeness (QED) is 0.692. The van der Waals surface area contributed by atoms with E-state index in [4.69, 9.17) is 0 Å². The molecule has 7 nitrogen and oxygen atoms in total. The van der Waals surface area contributed by atoms with Crippen molar-refractivity contribution in [3.05, 3.63) is 53.6 Å². The Hall–Kier alpha value is -2.71. The third kappa shape index (κ3) is 4.74. The average molecular weight is 484 g/mol. The maximum atomic E-state index is 13.4. The minimum Gasteiger partial charge on any atom is -0.326 e. The van der Waals surface area contributed by atoms with Crippen molar-refractivity contribution in [2.45, 2.75) is 63.8 Å². The predicted molar refractivity (Wildman–Crippen MR) is 133 cm³/mol. The number of hydrogen-bond donors (Lipinski definition) is 1. The lowest BCUT2D eigenvalue weighted by atomic mass is 9.98. The third-order valence-electron chi connectivity index (χ3n) is 6.84. The van der Waals surface area contributed by atoms with Gasteiger partial charge in [-0.25, -0.2) is 8.42 Å². The summed E-state index contributed by atoms with van der Waals surface area (Å²) in [6.45, 7) is 8.26. The van der Waals surface area contributed by atoms with Crippen molar-refractivity contribution in [2.75, 3.05) is 23.3 Å². The minimum absolute atomic E-state index is 0.00289. The Morgan fingerprint density at radius 3 is 2.44 bits per heavy atom. The number of fused-ring (bicyclic) bond motifs is 1. The van der Waals surface area contributed by atoms with Crippen LogP contribution in [0.2, 0.25) is 0 Å². The van der Waals surface area contributed by atoms with Gasteiger partial charge in [0.15, 0.2) is 0 Å². The largest absolute Gasteiger partial charge is 0.326 e. The molecule has 0 radical (unpaired) electrons. The summed E-state index contributed by atoms with van der Waals surface area (Å²) in [7, 11) is -3.74. The molecule has 2 aliphatic rings. The molecule has 0 saturated carbocycles. The first-order valence-corrected chi connectivity index (χ1v) is 13.4. The molecule has 0 aliphatic carbocycles. The lowest BCUT2D eigenvalue weighted by Crippen LogP contribution is -2.43. The van der Waals surface area contributed by atoms with Gasteiger partial charge in [0.1, 0.15) is 0 Å². The third-order valence-corrected chi connectivity index (χ3v) is 8.70. The highest BCUT2D eigenvalue weighted by atomic mass is 32.2. The van der Waals surface area contributed by atoms with Crippen molar-refractivity contribution in [3.8, 4) is 0 Å². The van der Waals surface area contributed by atoms with Crippen molar-refractivity contribution < 1.29 is 18.0 Å². The summed E-state index contributed by atoms with van der Waals surface area (Å²) < 4.78 is 28.3. The molecule has 0 spiro atoms. The molecule has 2 aromatic carbocycles. The van der Waals surface area contributed by atoms with Crippen LogP contribution in [0.4, 0.5) is 11.4 Å². The van der Waals surface area contributed by atoms with Gasteiger partial charge in [-0.1, -0.05) is 26.0 Å².